The number of aryl methyl sites for hydroxylation is 1. The Kier molecular flexibility index (Phi) is 4.45. The molecule has 21 heavy (non-hydrogen) atoms. The molecule has 0 aliphatic rings. The molecule has 4 N–H and O–H groups in total. The van der Waals surface area contributed by atoms with E-state index in [0.29, 0.717) is 5.69 Å². The summed E-state index contributed by atoms with van der Waals surface area (Å²) in [6.45, 7) is 2.11. The number of nitrogen functional groups attached to an aromatic ring is 1. The summed E-state index contributed by atoms with van der Waals surface area (Å²) in [4.78, 5) is 26.5. The van der Waals surface area contributed by atoms with E-state index in [-0.39, 0.29) is 17.8 Å². The molecule has 0 spiro atoms. The topological polar surface area (TPSA) is 123 Å². The molecule has 0 unspecified atom stereocenters. The number of nitro benzene ring substituents is 1. The zero-order valence-electron chi connectivity index (χ0n) is 11.1. The summed E-state index contributed by atoms with van der Waals surface area (Å²) >= 11 is 1.48. The largest absolute Gasteiger partial charge is 0.346 e. The van der Waals surface area contributed by atoms with E-state index in [2.05, 4.69) is 15.7 Å². The van der Waals surface area contributed by atoms with E-state index in [1.54, 1.807) is 0 Å². The molecule has 2 aromatic rings. The van der Waals surface area contributed by atoms with Gasteiger partial charge in [0.05, 0.1) is 33.4 Å². The average Bonchev–Trinajstić information content (AvgIpc) is 2.89. The molecule has 0 radical (unpaired) electrons. The quantitative estimate of drug-likeness (QED) is 0.438. The number of nitro groups is 1. The van der Waals surface area contributed by atoms with Crippen molar-refractivity contribution in [2.75, 3.05) is 5.43 Å². The molecule has 1 aromatic carbocycles. The fourth-order valence-corrected chi connectivity index (χ4v) is 2.33. The van der Waals surface area contributed by atoms with Crippen molar-refractivity contribution in [3.8, 4) is 0 Å². The first-order chi connectivity index (χ1) is 10.0. The first-order valence-corrected chi connectivity index (χ1v) is 6.83. The SMILES string of the molecule is Cc1nc(CNC(=O)c2cc([N+](=O)[O-])ccc2NN)cs1. The summed E-state index contributed by atoms with van der Waals surface area (Å²) in [7, 11) is 0. The van der Waals surface area contributed by atoms with Gasteiger partial charge in [-0.3, -0.25) is 20.8 Å². The minimum atomic E-state index is -0.569. The molecular formula is C12H13N5O3S. The van der Waals surface area contributed by atoms with Crippen LogP contribution in [0.15, 0.2) is 23.6 Å². The van der Waals surface area contributed by atoms with Crippen LogP contribution in [0.1, 0.15) is 21.1 Å². The second-order valence-corrected chi connectivity index (χ2v) is 5.23. The van der Waals surface area contributed by atoms with E-state index in [4.69, 9.17) is 5.84 Å². The van der Waals surface area contributed by atoms with E-state index in [0.717, 1.165) is 10.7 Å². The van der Waals surface area contributed by atoms with Crippen molar-refractivity contribution < 1.29 is 9.72 Å². The van der Waals surface area contributed by atoms with E-state index in [1.807, 2.05) is 12.3 Å². The first-order valence-electron chi connectivity index (χ1n) is 5.95. The fourth-order valence-electron chi connectivity index (χ4n) is 1.72. The second-order valence-electron chi connectivity index (χ2n) is 4.17. The lowest BCUT2D eigenvalue weighted by Crippen LogP contribution is -2.25. The van der Waals surface area contributed by atoms with Crippen molar-refractivity contribution in [2.24, 2.45) is 5.84 Å². The van der Waals surface area contributed by atoms with Crippen molar-refractivity contribution >= 4 is 28.6 Å². The van der Waals surface area contributed by atoms with Gasteiger partial charge < -0.3 is 10.7 Å². The first kappa shape index (κ1) is 14.9. The number of non-ortho nitro benzene ring substituents is 1. The molecule has 0 saturated heterocycles. The summed E-state index contributed by atoms with van der Waals surface area (Å²) in [5.41, 5.74) is 3.33. The minimum Gasteiger partial charge on any atom is -0.346 e. The van der Waals surface area contributed by atoms with Crippen molar-refractivity contribution in [3.05, 3.63) is 50.0 Å². The third kappa shape index (κ3) is 3.52. The monoisotopic (exact) mass is 307 g/mol. The molecule has 0 atom stereocenters. The van der Waals surface area contributed by atoms with Gasteiger partial charge in [-0.2, -0.15) is 0 Å². The zero-order chi connectivity index (χ0) is 15.4. The number of thiazole rings is 1. The number of nitrogens with zero attached hydrogens (tertiary/aromatic N) is 2. The number of rotatable bonds is 5. The highest BCUT2D eigenvalue weighted by molar-refractivity contribution is 7.09. The number of hydrogen-bond acceptors (Lipinski definition) is 7. The van der Waals surface area contributed by atoms with Gasteiger partial charge in [0.2, 0.25) is 0 Å². The van der Waals surface area contributed by atoms with Crippen molar-refractivity contribution in [1.29, 1.82) is 0 Å². The maximum absolute atomic E-state index is 12.1. The minimum absolute atomic E-state index is 0.110. The van der Waals surface area contributed by atoms with Crippen LogP contribution in [0.3, 0.4) is 0 Å². The molecule has 2 rings (SSSR count). The predicted molar refractivity (Wildman–Crippen MR) is 78.9 cm³/mol. The molecule has 0 aliphatic heterocycles. The number of amides is 1. The molecule has 0 bridgehead atoms. The molecule has 9 heteroatoms. The van der Waals surface area contributed by atoms with Gasteiger partial charge in [-0.25, -0.2) is 4.98 Å². The van der Waals surface area contributed by atoms with Gasteiger partial charge in [0.25, 0.3) is 11.6 Å². The number of anilines is 1. The van der Waals surface area contributed by atoms with Crippen LogP contribution in [-0.2, 0) is 6.54 Å². The number of nitrogens with one attached hydrogen (secondary N) is 2. The number of benzene rings is 1. The Bertz CT molecular complexity index is 685. The zero-order valence-corrected chi connectivity index (χ0v) is 11.9. The van der Waals surface area contributed by atoms with E-state index < -0.39 is 10.8 Å². The molecule has 0 aliphatic carbocycles. The van der Waals surface area contributed by atoms with Crippen LogP contribution >= 0.6 is 11.3 Å². The number of nitrogens with two attached hydrogens (primary N) is 1. The Morgan fingerprint density at radius 3 is 2.86 bits per heavy atom. The van der Waals surface area contributed by atoms with Gasteiger partial charge in [-0.1, -0.05) is 0 Å². The maximum atomic E-state index is 12.1. The normalized spacial score (nSPS) is 10.2. The average molecular weight is 307 g/mol. The van der Waals surface area contributed by atoms with Gasteiger partial charge >= 0.3 is 0 Å². The fraction of sp³-hybridized carbons (Fsp3) is 0.167. The smallest absolute Gasteiger partial charge is 0.270 e. The second kappa shape index (κ2) is 6.29. The number of hydrazine groups is 1. The Balaban J connectivity index is 2.17. The third-order valence-electron chi connectivity index (χ3n) is 2.71. The summed E-state index contributed by atoms with van der Waals surface area (Å²) in [5, 5.41) is 16.2. The summed E-state index contributed by atoms with van der Waals surface area (Å²) in [6, 6.07) is 3.84. The van der Waals surface area contributed by atoms with Crippen LogP contribution in [0.25, 0.3) is 0 Å². The van der Waals surface area contributed by atoms with Crippen molar-refractivity contribution in [3.63, 3.8) is 0 Å². The molecule has 1 heterocycles. The van der Waals surface area contributed by atoms with Gasteiger partial charge in [0, 0.05) is 17.5 Å². The third-order valence-corrected chi connectivity index (χ3v) is 3.53. The highest BCUT2D eigenvalue weighted by atomic mass is 32.1. The summed E-state index contributed by atoms with van der Waals surface area (Å²) in [5.74, 6) is 4.85. The lowest BCUT2D eigenvalue weighted by Gasteiger charge is -2.08. The van der Waals surface area contributed by atoms with E-state index >= 15 is 0 Å². The molecule has 1 aromatic heterocycles. The highest BCUT2D eigenvalue weighted by Crippen LogP contribution is 2.21. The van der Waals surface area contributed by atoms with E-state index in [1.165, 1.54) is 29.5 Å². The maximum Gasteiger partial charge on any atom is 0.270 e. The lowest BCUT2D eigenvalue weighted by molar-refractivity contribution is -0.384. The standard InChI is InChI=1S/C12H13N5O3S/c1-7-15-8(6-21-7)5-14-12(18)10-4-9(17(19)20)2-3-11(10)16-13/h2-4,6,16H,5,13H2,1H3,(H,14,18). The Hall–Kier alpha value is -2.52. The van der Waals surface area contributed by atoms with Crippen LogP contribution in [0, 0.1) is 17.0 Å². The summed E-state index contributed by atoms with van der Waals surface area (Å²) in [6.07, 6.45) is 0. The Labute approximate surface area is 124 Å². The molecule has 1 amide bonds. The Morgan fingerprint density at radius 2 is 2.29 bits per heavy atom. The predicted octanol–water partition coefficient (Wildman–Crippen LogP) is 1.58. The number of carbonyl (C=O) groups excluding carboxylic acids is 1. The number of carbonyl (C=O) groups is 1. The number of hydrogen-bond donors (Lipinski definition) is 3. The van der Waals surface area contributed by atoms with Gasteiger partial charge in [-0.05, 0) is 13.0 Å². The number of aromatic nitrogens is 1. The van der Waals surface area contributed by atoms with Crippen molar-refractivity contribution in [2.45, 2.75) is 13.5 Å². The van der Waals surface area contributed by atoms with Gasteiger partial charge in [0.15, 0.2) is 0 Å². The molecule has 8 nitrogen and oxygen atoms in total. The summed E-state index contributed by atoms with van der Waals surface area (Å²) < 4.78 is 0. The van der Waals surface area contributed by atoms with Crippen LogP contribution in [-0.4, -0.2) is 15.8 Å². The highest BCUT2D eigenvalue weighted by Gasteiger charge is 2.16. The Morgan fingerprint density at radius 1 is 1.52 bits per heavy atom. The van der Waals surface area contributed by atoms with Gasteiger partial charge in [0.1, 0.15) is 0 Å². The van der Waals surface area contributed by atoms with Crippen LogP contribution in [0.5, 0.6) is 0 Å². The molecular weight excluding hydrogens is 294 g/mol. The molecule has 110 valence electrons. The lowest BCUT2D eigenvalue weighted by atomic mass is 10.1. The molecule has 0 saturated carbocycles. The van der Waals surface area contributed by atoms with Crippen LogP contribution in [0.2, 0.25) is 0 Å². The van der Waals surface area contributed by atoms with Gasteiger partial charge in [-0.15, -0.1) is 11.3 Å². The molecule has 0 fully saturated rings. The van der Waals surface area contributed by atoms with Crippen molar-refractivity contribution in [1.82, 2.24) is 10.3 Å². The van der Waals surface area contributed by atoms with Crippen LogP contribution in [0.4, 0.5) is 11.4 Å². The van der Waals surface area contributed by atoms with E-state index in [9.17, 15) is 14.9 Å². The van der Waals surface area contributed by atoms with Crippen LogP contribution < -0.4 is 16.6 Å².